The largest absolute Gasteiger partial charge is 0.492 e. The van der Waals surface area contributed by atoms with Crippen molar-refractivity contribution in [3.05, 3.63) is 36.4 Å². The van der Waals surface area contributed by atoms with Crippen LogP contribution in [0, 0.1) is 0 Å². The van der Waals surface area contributed by atoms with E-state index < -0.39 is 10.0 Å². The maximum Gasteiger partial charge on any atom is 0.244 e. The summed E-state index contributed by atoms with van der Waals surface area (Å²) in [6.45, 7) is 1.89. The number of benzene rings is 2. The summed E-state index contributed by atoms with van der Waals surface area (Å²) in [4.78, 5) is 0.117. The van der Waals surface area contributed by atoms with E-state index in [4.69, 9.17) is 9.84 Å². The summed E-state index contributed by atoms with van der Waals surface area (Å²) >= 11 is 0. The van der Waals surface area contributed by atoms with Gasteiger partial charge in [0.15, 0.2) is 0 Å². The number of hydrogen-bond donors (Lipinski definition) is 2. The van der Waals surface area contributed by atoms with Gasteiger partial charge in [0.05, 0.1) is 13.2 Å². The third-order valence-electron chi connectivity index (χ3n) is 2.82. The van der Waals surface area contributed by atoms with Crippen LogP contribution < -0.4 is 9.46 Å². The van der Waals surface area contributed by atoms with Crippen molar-refractivity contribution in [2.24, 2.45) is 0 Å². The van der Waals surface area contributed by atoms with Crippen LogP contribution in [0.25, 0.3) is 10.8 Å². The van der Waals surface area contributed by atoms with E-state index >= 15 is 0 Å². The molecular formula is C14H17NO4S. The molecule has 0 fully saturated rings. The van der Waals surface area contributed by atoms with Gasteiger partial charge in [0, 0.05) is 11.9 Å². The Kier molecular flexibility index (Phi) is 4.59. The predicted octanol–water partition coefficient (Wildman–Crippen LogP) is 1.51. The van der Waals surface area contributed by atoms with E-state index in [0.717, 1.165) is 5.39 Å². The minimum absolute atomic E-state index is 0.0306. The summed E-state index contributed by atoms with van der Waals surface area (Å²) in [5, 5.41) is 10.2. The number of aliphatic hydroxyl groups excluding tert-OH is 1. The molecule has 0 amide bonds. The summed E-state index contributed by atoms with van der Waals surface area (Å²) in [6, 6.07) is 10.7. The molecule has 0 radical (unpaired) electrons. The Morgan fingerprint density at radius 1 is 1.20 bits per heavy atom. The first-order valence-corrected chi connectivity index (χ1v) is 7.83. The number of sulfonamides is 1. The molecule has 5 nitrogen and oxygen atoms in total. The fourth-order valence-corrected chi connectivity index (χ4v) is 3.39. The van der Waals surface area contributed by atoms with Crippen LogP contribution in [0.5, 0.6) is 5.75 Å². The molecule has 0 saturated heterocycles. The zero-order chi connectivity index (χ0) is 14.6. The fraction of sp³-hybridized carbons (Fsp3) is 0.286. The van der Waals surface area contributed by atoms with Gasteiger partial charge in [-0.05, 0) is 18.4 Å². The van der Waals surface area contributed by atoms with Crippen LogP contribution in [0.4, 0.5) is 0 Å². The molecule has 2 aromatic carbocycles. The fourth-order valence-electron chi connectivity index (χ4n) is 2.02. The van der Waals surface area contributed by atoms with Crippen molar-refractivity contribution in [1.82, 2.24) is 4.72 Å². The highest BCUT2D eigenvalue weighted by molar-refractivity contribution is 7.89. The molecule has 0 aliphatic heterocycles. The first-order valence-electron chi connectivity index (χ1n) is 6.35. The summed E-state index contributed by atoms with van der Waals surface area (Å²) in [7, 11) is -3.74. The molecule has 0 atom stereocenters. The van der Waals surface area contributed by atoms with Crippen LogP contribution in [0.15, 0.2) is 41.3 Å². The van der Waals surface area contributed by atoms with Crippen molar-refractivity contribution < 1.29 is 18.3 Å². The van der Waals surface area contributed by atoms with E-state index in [-0.39, 0.29) is 18.0 Å². The second-order valence-electron chi connectivity index (χ2n) is 4.17. The topological polar surface area (TPSA) is 75.6 Å². The quantitative estimate of drug-likeness (QED) is 0.847. The molecule has 2 N–H and O–H groups in total. The van der Waals surface area contributed by atoms with Crippen LogP contribution in [0.2, 0.25) is 0 Å². The second kappa shape index (κ2) is 6.21. The Balaban J connectivity index is 2.66. The van der Waals surface area contributed by atoms with E-state index in [1.165, 1.54) is 0 Å². The first kappa shape index (κ1) is 14.8. The Morgan fingerprint density at radius 2 is 1.95 bits per heavy atom. The molecule has 0 unspecified atom stereocenters. The van der Waals surface area contributed by atoms with Crippen molar-refractivity contribution in [1.29, 1.82) is 0 Å². The highest BCUT2D eigenvalue weighted by Gasteiger charge is 2.22. The molecule has 2 rings (SSSR count). The van der Waals surface area contributed by atoms with Gasteiger partial charge in [-0.15, -0.1) is 0 Å². The van der Waals surface area contributed by atoms with Gasteiger partial charge in [0.2, 0.25) is 10.0 Å². The number of hydrogen-bond acceptors (Lipinski definition) is 4. The van der Waals surface area contributed by atoms with Crippen molar-refractivity contribution in [2.45, 2.75) is 11.8 Å². The van der Waals surface area contributed by atoms with Gasteiger partial charge in [-0.1, -0.05) is 30.3 Å². The van der Waals surface area contributed by atoms with E-state index in [1.54, 1.807) is 25.1 Å². The summed E-state index contributed by atoms with van der Waals surface area (Å²) in [5.74, 6) is 0.316. The Labute approximate surface area is 118 Å². The van der Waals surface area contributed by atoms with Crippen LogP contribution in [-0.4, -0.2) is 33.3 Å². The number of rotatable bonds is 6. The monoisotopic (exact) mass is 295 g/mol. The van der Waals surface area contributed by atoms with Crippen LogP contribution in [-0.2, 0) is 10.0 Å². The molecule has 0 aromatic heterocycles. The van der Waals surface area contributed by atoms with Gasteiger partial charge in [-0.25, -0.2) is 13.1 Å². The lowest BCUT2D eigenvalue weighted by Gasteiger charge is -2.14. The van der Waals surface area contributed by atoms with Crippen molar-refractivity contribution in [2.75, 3.05) is 19.8 Å². The summed E-state index contributed by atoms with van der Waals surface area (Å²) < 4.78 is 32.6. The molecule has 0 saturated carbocycles. The number of nitrogens with one attached hydrogen (secondary N) is 1. The molecule has 6 heteroatoms. The van der Waals surface area contributed by atoms with E-state index in [9.17, 15) is 8.42 Å². The summed E-state index contributed by atoms with van der Waals surface area (Å²) in [6.07, 6.45) is 0. The lowest BCUT2D eigenvalue weighted by Crippen LogP contribution is -2.27. The van der Waals surface area contributed by atoms with E-state index in [0.29, 0.717) is 17.7 Å². The maximum absolute atomic E-state index is 12.4. The van der Waals surface area contributed by atoms with Gasteiger partial charge in [-0.3, -0.25) is 0 Å². The second-order valence-corrected chi connectivity index (χ2v) is 5.87. The lowest BCUT2D eigenvalue weighted by atomic mass is 10.1. The maximum atomic E-state index is 12.4. The molecule has 108 valence electrons. The zero-order valence-electron chi connectivity index (χ0n) is 11.2. The van der Waals surface area contributed by atoms with E-state index in [1.807, 2.05) is 18.2 Å². The minimum atomic E-state index is -3.74. The van der Waals surface area contributed by atoms with Crippen molar-refractivity contribution >= 4 is 20.8 Å². The molecule has 0 heterocycles. The summed E-state index contributed by atoms with van der Waals surface area (Å²) in [5.41, 5.74) is 0. The van der Waals surface area contributed by atoms with Crippen molar-refractivity contribution in [3.63, 3.8) is 0 Å². The lowest BCUT2D eigenvalue weighted by molar-refractivity contribution is 0.300. The molecule has 0 spiro atoms. The number of ether oxygens (including phenoxy) is 1. The Bertz CT molecular complexity index is 697. The third-order valence-corrected chi connectivity index (χ3v) is 4.36. The molecular weight excluding hydrogens is 278 g/mol. The van der Waals surface area contributed by atoms with Gasteiger partial charge in [0.25, 0.3) is 0 Å². The predicted molar refractivity (Wildman–Crippen MR) is 77.4 cm³/mol. The highest BCUT2D eigenvalue weighted by Crippen LogP contribution is 2.32. The van der Waals surface area contributed by atoms with E-state index in [2.05, 4.69) is 4.72 Å². The van der Waals surface area contributed by atoms with Crippen LogP contribution >= 0.6 is 0 Å². The molecule has 0 aliphatic rings. The smallest absolute Gasteiger partial charge is 0.244 e. The number of aliphatic hydroxyl groups is 1. The van der Waals surface area contributed by atoms with Gasteiger partial charge >= 0.3 is 0 Å². The first-order chi connectivity index (χ1) is 9.60. The Hall–Kier alpha value is -1.63. The van der Waals surface area contributed by atoms with Crippen LogP contribution in [0.3, 0.4) is 0 Å². The van der Waals surface area contributed by atoms with Crippen molar-refractivity contribution in [3.8, 4) is 5.75 Å². The average molecular weight is 295 g/mol. The Morgan fingerprint density at radius 3 is 2.65 bits per heavy atom. The zero-order valence-corrected chi connectivity index (χ0v) is 12.0. The molecule has 20 heavy (non-hydrogen) atoms. The third kappa shape index (κ3) is 2.92. The molecule has 0 aliphatic carbocycles. The van der Waals surface area contributed by atoms with Crippen LogP contribution in [0.1, 0.15) is 6.92 Å². The number of fused-ring (bicyclic) bond motifs is 1. The SMILES string of the molecule is CCOc1ccc2ccccc2c1S(=O)(=O)NCCO. The molecule has 0 bridgehead atoms. The highest BCUT2D eigenvalue weighted by atomic mass is 32.2. The molecule has 2 aromatic rings. The van der Waals surface area contributed by atoms with Gasteiger partial charge in [0.1, 0.15) is 10.6 Å². The standard InChI is InChI=1S/C14H17NO4S/c1-2-19-13-8-7-11-5-3-4-6-12(11)14(13)20(17,18)15-9-10-16/h3-8,15-16H,2,9-10H2,1H3. The normalized spacial score (nSPS) is 11.7. The minimum Gasteiger partial charge on any atom is -0.492 e. The van der Waals surface area contributed by atoms with Gasteiger partial charge < -0.3 is 9.84 Å². The van der Waals surface area contributed by atoms with Gasteiger partial charge in [-0.2, -0.15) is 0 Å². The average Bonchev–Trinajstić information content (AvgIpc) is 2.45.